The minimum Gasteiger partial charge on any atom is -0.388 e. The van der Waals surface area contributed by atoms with Crippen LogP contribution in [0.2, 0.25) is 0 Å². The summed E-state index contributed by atoms with van der Waals surface area (Å²) in [6.45, 7) is 7.46. The summed E-state index contributed by atoms with van der Waals surface area (Å²) >= 11 is 0. The van der Waals surface area contributed by atoms with E-state index in [0.717, 1.165) is 12.0 Å². The first-order chi connectivity index (χ1) is 6.74. The summed E-state index contributed by atoms with van der Waals surface area (Å²) in [5, 5.41) is 9.61. The average molecular weight is 188 g/mol. The summed E-state index contributed by atoms with van der Waals surface area (Å²) in [6, 6.07) is 10.0. The lowest BCUT2D eigenvalue weighted by atomic mass is 10.0. The highest BCUT2D eigenvalue weighted by Crippen LogP contribution is 2.12. The largest absolute Gasteiger partial charge is 0.388 e. The van der Waals surface area contributed by atoms with E-state index in [1.807, 2.05) is 30.3 Å². The number of aliphatic hydroxyl groups excluding tert-OH is 1. The molecule has 1 aromatic rings. The molecular weight excluding hydrogens is 172 g/mol. The maximum atomic E-state index is 9.61. The van der Waals surface area contributed by atoms with Gasteiger partial charge in [0.15, 0.2) is 0 Å². The molecule has 0 spiro atoms. The van der Waals surface area contributed by atoms with Gasteiger partial charge in [-0.15, -0.1) is 6.58 Å². The number of hydrogen-bond donors (Lipinski definition) is 1. The second kappa shape index (κ2) is 5.40. The molecular formula is C13H16O. The fraction of sp³-hybridized carbons (Fsp3) is 0.231. The molecule has 0 aromatic heterocycles. The van der Waals surface area contributed by atoms with E-state index in [9.17, 15) is 5.11 Å². The molecule has 0 fully saturated rings. The second-order valence-electron chi connectivity index (χ2n) is 3.36. The summed E-state index contributed by atoms with van der Waals surface area (Å²) in [7, 11) is 0. The van der Waals surface area contributed by atoms with Gasteiger partial charge in [0.1, 0.15) is 0 Å². The zero-order valence-electron chi connectivity index (χ0n) is 8.32. The molecule has 1 aromatic carbocycles. The van der Waals surface area contributed by atoms with Crippen LogP contribution >= 0.6 is 0 Å². The highest BCUT2D eigenvalue weighted by molar-refractivity contribution is 5.22. The Morgan fingerprint density at radius 3 is 2.57 bits per heavy atom. The normalized spacial score (nSPS) is 12.1. The Morgan fingerprint density at radius 1 is 1.36 bits per heavy atom. The van der Waals surface area contributed by atoms with Crippen LogP contribution in [0.15, 0.2) is 55.1 Å². The zero-order valence-corrected chi connectivity index (χ0v) is 8.32. The lowest BCUT2D eigenvalue weighted by Crippen LogP contribution is -2.10. The van der Waals surface area contributed by atoms with Gasteiger partial charge < -0.3 is 5.11 Å². The fourth-order valence-corrected chi connectivity index (χ4v) is 1.30. The Hall–Kier alpha value is -1.34. The molecule has 14 heavy (non-hydrogen) atoms. The molecule has 0 saturated heterocycles. The molecule has 1 rings (SSSR count). The van der Waals surface area contributed by atoms with E-state index in [-0.39, 0.29) is 0 Å². The second-order valence-corrected chi connectivity index (χ2v) is 3.36. The van der Waals surface area contributed by atoms with Crippen molar-refractivity contribution in [3.8, 4) is 0 Å². The van der Waals surface area contributed by atoms with Gasteiger partial charge >= 0.3 is 0 Å². The van der Waals surface area contributed by atoms with Gasteiger partial charge in [0, 0.05) is 0 Å². The molecule has 0 aliphatic carbocycles. The number of hydrogen-bond acceptors (Lipinski definition) is 1. The third-order valence-electron chi connectivity index (χ3n) is 2.14. The van der Waals surface area contributed by atoms with Crippen molar-refractivity contribution >= 4 is 0 Å². The molecule has 74 valence electrons. The number of benzene rings is 1. The summed E-state index contributed by atoms with van der Waals surface area (Å²) < 4.78 is 0. The van der Waals surface area contributed by atoms with E-state index < -0.39 is 6.10 Å². The van der Waals surface area contributed by atoms with Crippen molar-refractivity contribution in [2.24, 2.45) is 0 Å². The third kappa shape index (κ3) is 3.19. The maximum Gasteiger partial charge on any atom is 0.0785 e. The van der Waals surface area contributed by atoms with E-state index >= 15 is 0 Å². The standard InChI is InChI=1S/C13H16O/c1-3-7-13(14)11(2)10-12-8-5-4-6-9-12/h3-6,8-9,13-14H,1-2,7,10H2/t13-/m0/s1. The van der Waals surface area contributed by atoms with Crippen LogP contribution in [0.1, 0.15) is 12.0 Å². The van der Waals surface area contributed by atoms with Gasteiger partial charge in [0.2, 0.25) is 0 Å². The van der Waals surface area contributed by atoms with Crippen molar-refractivity contribution in [3.05, 3.63) is 60.7 Å². The van der Waals surface area contributed by atoms with Gasteiger partial charge in [-0.05, 0) is 24.0 Å². The molecule has 1 atom stereocenters. The first-order valence-corrected chi connectivity index (χ1v) is 4.74. The smallest absolute Gasteiger partial charge is 0.0785 e. The van der Waals surface area contributed by atoms with E-state index in [2.05, 4.69) is 13.2 Å². The van der Waals surface area contributed by atoms with Gasteiger partial charge in [-0.2, -0.15) is 0 Å². The molecule has 1 N–H and O–H groups in total. The van der Waals surface area contributed by atoms with E-state index in [0.29, 0.717) is 6.42 Å². The summed E-state index contributed by atoms with van der Waals surface area (Å²) in [5.74, 6) is 0. The predicted molar refractivity (Wildman–Crippen MR) is 60.1 cm³/mol. The van der Waals surface area contributed by atoms with Crippen LogP contribution in [0.3, 0.4) is 0 Å². The SMILES string of the molecule is C=CC[C@H](O)C(=C)Cc1ccccc1. The van der Waals surface area contributed by atoms with Crippen molar-refractivity contribution in [1.82, 2.24) is 0 Å². The highest BCUT2D eigenvalue weighted by atomic mass is 16.3. The molecule has 0 unspecified atom stereocenters. The molecule has 0 aliphatic heterocycles. The average Bonchev–Trinajstić information content (AvgIpc) is 2.19. The Bertz CT molecular complexity index is 300. The van der Waals surface area contributed by atoms with Crippen LogP contribution in [0, 0.1) is 0 Å². The molecule has 0 aliphatic rings. The van der Waals surface area contributed by atoms with Crippen LogP contribution in [0.5, 0.6) is 0 Å². The zero-order chi connectivity index (χ0) is 10.4. The molecule has 0 bridgehead atoms. The van der Waals surface area contributed by atoms with Crippen molar-refractivity contribution < 1.29 is 5.11 Å². The van der Waals surface area contributed by atoms with E-state index in [1.54, 1.807) is 6.08 Å². The van der Waals surface area contributed by atoms with Crippen LogP contribution < -0.4 is 0 Å². The Morgan fingerprint density at radius 2 is 2.00 bits per heavy atom. The van der Waals surface area contributed by atoms with E-state index in [1.165, 1.54) is 5.56 Å². The van der Waals surface area contributed by atoms with Gasteiger partial charge in [-0.3, -0.25) is 0 Å². The topological polar surface area (TPSA) is 20.2 Å². The third-order valence-corrected chi connectivity index (χ3v) is 2.14. The summed E-state index contributed by atoms with van der Waals surface area (Å²) in [6.07, 6.45) is 2.55. The summed E-state index contributed by atoms with van der Waals surface area (Å²) in [5.41, 5.74) is 2.02. The molecule has 1 heteroatoms. The van der Waals surface area contributed by atoms with Crippen LogP contribution in [0.25, 0.3) is 0 Å². The molecule has 0 radical (unpaired) electrons. The highest BCUT2D eigenvalue weighted by Gasteiger charge is 2.06. The van der Waals surface area contributed by atoms with Gasteiger partial charge in [-0.1, -0.05) is 43.0 Å². The van der Waals surface area contributed by atoms with Crippen molar-refractivity contribution in [2.45, 2.75) is 18.9 Å². The Balaban J connectivity index is 2.53. The lowest BCUT2D eigenvalue weighted by Gasteiger charge is -2.11. The predicted octanol–water partition coefficient (Wildman–Crippen LogP) is 2.72. The first kappa shape index (κ1) is 10.7. The molecule has 0 saturated carbocycles. The lowest BCUT2D eigenvalue weighted by molar-refractivity contribution is 0.212. The molecule has 0 amide bonds. The minimum absolute atomic E-state index is 0.465. The first-order valence-electron chi connectivity index (χ1n) is 4.74. The van der Waals surface area contributed by atoms with Crippen molar-refractivity contribution in [3.63, 3.8) is 0 Å². The van der Waals surface area contributed by atoms with Gasteiger partial charge in [-0.25, -0.2) is 0 Å². The fourth-order valence-electron chi connectivity index (χ4n) is 1.30. The number of aliphatic hydroxyl groups is 1. The molecule has 1 nitrogen and oxygen atoms in total. The van der Waals surface area contributed by atoms with Crippen molar-refractivity contribution in [2.75, 3.05) is 0 Å². The summed E-state index contributed by atoms with van der Waals surface area (Å²) in [4.78, 5) is 0. The monoisotopic (exact) mass is 188 g/mol. The maximum absolute atomic E-state index is 9.61. The number of rotatable bonds is 5. The van der Waals surface area contributed by atoms with Gasteiger partial charge in [0.25, 0.3) is 0 Å². The quantitative estimate of drug-likeness (QED) is 0.704. The van der Waals surface area contributed by atoms with Crippen LogP contribution in [0.4, 0.5) is 0 Å². The van der Waals surface area contributed by atoms with Crippen LogP contribution in [-0.4, -0.2) is 11.2 Å². The Labute approximate surface area is 85.4 Å². The molecule has 0 heterocycles. The Kier molecular flexibility index (Phi) is 4.14. The van der Waals surface area contributed by atoms with E-state index in [4.69, 9.17) is 0 Å². The van der Waals surface area contributed by atoms with Crippen molar-refractivity contribution in [1.29, 1.82) is 0 Å². The minimum atomic E-state index is -0.465. The van der Waals surface area contributed by atoms with Gasteiger partial charge in [0.05, 0.1) is 6.10 Å². The van der Waals surface area contributed by atoms with Crippen LogP contribution in [-0.2, 0) is 6.42 Å².